The molecule has 86 valence electrons. The summed E-state index contributed by atoms with van der Waals surface area (Å²) >= 11 is 0. The van der Waals surface area contributed by atoms with Crippen LogP contribution in [0.5, 0.6) is 5.75 Å². The molecule has 0 aliphatic heterocycles. The fraction of sp³-hybridized carbons (Fsp3) is 0.0833. The van der Waals surface area contributed by atoms with Crippen molar-refractivity contribution in [1.82, 2.24) is 9.97 Å². The highest BCUT2D eigenvalue weighted by atomic mass is 16.3. The van der Waals surface area contributed by atoms with E-state index in [1.165, 1.54) is 12.3 Å². The Morgan fingerprint density at radius 3 is 2.76 bits per heavy atom. The van der Waals surface area contributed by atoms with Gasteiger partial charge >= 0.3 is 0 Å². The third-order valence-electron chi connectivity index (χ3n) is 2.15. The van der Waals surface area contributed by atoms with Gasteiger partial charge in [-0.05, 0) is 30.7 Å². The first kappa shape index (κ1) is 11.1. The van der Waals surface area contributed by atoms with Crippen molar-refractivity contribution in [2.24, 2.45) is 0 Å². The lowest BCUT2D eigenvalue weighted by atomic mass is 10.3. The summed E-state index contributed by atoms with van der Waals surface area (Å²) in [6.45, 7) is 1.91. The molecule has 2 aromatic heterocycles. The Bertz CT molecular complexity index is 538. The van der Waals surface area contributed by atoms with E-state index in [-0.39, 0.29) is 11.4 Å². The van der Waals surface area contributed by atoms with Gasteiger partial charge in [-0.15, -0.1) is 0 Å². The average molecular weight is 229 g/mol. The van der Waals surface area contributed by atoms with Gasteiger partial charge in [0.15, 0.2) is 5.69 Å². The van der Waals surface area contributed by atoms with Crippen LogP contribution in [0, 0.1) is 6.92 Å². The van der Waals surface area contributed by atoms with Gasteiger partial charge < -0.3 is 10.4 Å². The number of carbonyl (C=O) groups excluding carboxylic acids is 1. The molecular weight excluding hydrogens is 218 g/mol. The van der Waals surface area contributed by atoms with E-state index in [1.807, 2.05) is 13.0 Å². The third kappa shape index (κ3) is 2.57. The first-order valence-corrected chi connectivity index (χ1v) is 5.05. The Labute approximate surface area is 98.2 Å². The minimum Gasteiger partial charge on any atom is -0.505 e. The Balaban J connectivity index is 2.17. The molecule has 1 amide bonds. The van der Waals surface area contributed by atoms with Gasteiger partial charge in [-0.25, -0.2) is 9.97 Å². The average Bonchev–Trinajstić information content (AvgIpc) is 2.32. The summed E-state index contributed by atoms with van der Waals surface area (Å²) < 4.78 is 0. The van der Waals surface area contributed by atoms with Gasteiger partial charge in [0.25, 0.3) is 5.91 Å². The molecule has 17 heavy (non-hydrogen) atoms. The Morgan fingerprint density at radius 2 is 2.12 bits per heavy atom. The second kappa shape index (κ2) is 4.61. The Kier molecular flexibility index (Phi) is 3.00. The summed E-state index contributed by atoms with van der Waals surface area (Å²) in [5.74, 6) is -0.220. The van der Waals surface area contributed by atoms with Crippen LogP contribution in [-0.2, 0) is 0 Å². The molecule has 0 aromatic carbocycles. The van der Waals surface area contributed by atoms with E-state index in [4.69, 9.17) is 0 Å². The largest absolute Gasteiger partial charge is 0.505 e. The van der Waals surface area contributed by atoms with Gasteiger partial charge in [-0.1, -0.05) is 6.07 Å². The van der Waals surface area contributed by atoms with Gasteiger partial charge in [0.2, 0.25) is 0 Å². The summed E-state index contributed by atoms with van der Waals surface area (Å²) in [7, 11) is 0. The molecule has 0 aliphatic rings. The van der Waals surface area contributed by atoms with Crippen LogP contribution in [0.25, 0.3) is 0 Å². The van der Waals surface area contributed by atoms with Gasteiger partial charge in [-0.2, -0.15) is 0 Å². The van der Waals surface area contributed by atoms with E-state index in [1.54, 1.807) is 18.3 Å². The SMILES string of the molecule is Cc1ccc(NC(=O)c2ncccc2O)nc1. The number of amides is 1. The van der Waals surface area contributed by atoms with Crippen molar-refractivity contribution in [3.05, 3.63) is 47.9 Å². The van der Waals surface area contributed by atoms with Crippen molar-refractivity contribution < 1.29 is 9.90 Å². The minimum atomic E-state index is -0.487. The predicted molar refractivity (Wildman–Crippen MR) is 62.8 cm³/mol. The number of aryl methyl sites for hydroxylation is 1. The van der Waals surface area contributed by atoms with E-state index >= 15 is 0 Å². The number of hydrogen-bond acceptors (Lipinski definition) is 4. The molecule has 2 heterocycles. The van der Waals surface area contributed by atoms with E-state index in [9.17, 15) is 9.90 Å². The zero-order valence-corrected chi connectivity index (χ0v) is 9.21. The van der Waals surface area contributed by atoms with E-state index < -0.39 is 5.91 Å². The molecule has 5 nitrogen and oxygen atoms in total. The number of rotatable bonds is 2. The van der Waals surface area contributed by atoms with Gasteiger partial charge in [0, 0.05) is 12.4 Å². The van der Waals surface area contributed by atoms with Crippen LogP contribution in [-0.4, -0.2) is 21.0 Å². The maximum atomic E-state index is 11.7. The molecule has 0 unspecified atom stereocenters. The van der Waals surface area contributed by atoms with Crippen molar-refractivity contribution in [3.63, 3.8) is 0 Å². The normalized spacial score (nSPS) is 9.94. The minimum absolute atomic E-state index is 0.0186. The fourth-order valence-corrected chi connectivity index (χ4v) is 1.29. The number of carbonyl (C=O) groups is 1. The van der Waals surface area contributed by atoms with Crippen molar-refractivity contribution >= 4 is 11.7 Å². The van der Waals surface area contributed by atoms with Crippen molar-refractivity contribution in [2.45, 2.75) is 6.92 Å². The molecule has 0 spiro atoms. The molecule has 2 N–H and O–H groups in total. The molecule has 0 radical (unpaired) electrons. The van der Waals surface area contributed by atoms with Crippen LogP contribution in [0.1, 0.15) is 16.1 Å². The highest BCUT2D eigenvalue weighted by Gasteiger charge is 2.12. The van der Waals surface area contributed by atoms with E-state index in [2.05, 4.69) is 15.3 Å². The topological polar surface area (TPSA) is 75.1 Å². The van der Waals surface area contributed by atoms with Gasteiger partial charge in [-0.3, -0.25) is 4.79 Å². The van der Waals surface area contributed by atoms with E-state index in [0.29, 0.717) is 5.82 Å². The van der Waals surface area contributed by atoms with Gasteiger partial charge in [0.05, 0.1) is 0 Å². The molecule has 0 saturated carbocycles. The van der Waals surface area contributed by atoms with Crippen molar-refractivity contribution in [1.29, 1.82) is 0 Å². The predicted octanol–water partition coefficient (Wildman–Crippen LogP) is 1.74. The lowest BCUT2D eigenvalue weighted by Gasteiger charge is -2.04. The molecule has 2 aromatic rings. The van der Waals surface area contributed by atoms with Gasteiger partial charge in [0.1, 0.15) is 11.6 Å². The van der Waals surface area contributed by atoms with Crippen LogP contribution in [0.2, 0.25) is 0 Å². The molecule has 0 bridgehead atoms. The first-order valence-electron chi connectivity index (χ1n) is 5.05. The lowest BCUT2D eigenvalue weighted by Crippen LogP contribution is -2.14. The van der Waals surface area contributed by atoms with Crippen molar-refractivity contribution in [3.8, 4) is 5.75 Å². The van der Waals surface area contributed by atoms with E-state index in [0.717, 1.165) is 5.56 Å². The first-order chi connectivity index (χ1) is 8.16. The molecule has 0 fully saturated rings. The number of nitrogens with one attached hydrogen (secondary N) is 1. The second-order valence-electron chi connectivity index (χ2n) is 3.55. The fourth-order valence-electron chi connectivity index (χ4n) is 1.29. The van der Waals surface area contributed by atoms with Crippen LogP contribution in [0.3, 0.4) is 0 Å². The number of anilines is 1. The summed E-state index contributed by atoms with van der Waals surface area (Å²) in [5, 5.41) is 12.0. The summed E-state index contributed by atoms with van der Waals surface area (Å²) in [6.07, 6.45) is 3.09. The third-order valence-corrected chi connectivity index (χ3v) is 2.15. The summed E-state index contributed by atoms with van der Waals surface area (Å²) in [6, 6.07) is 6.48. The summed E-state index contributed by atoms with van der Waals surface area (Å²) in [5.41, 5.74) is 0.985. The van der Waals surface area contributed by atoms with Crippen LogP contribution < -0.4 is 5.32 Å². The highest BCUT2D eigenvalue weighted by Crippen LogP contribution is 2.14. The zero-order valence-electron chi connectivity index (χ0n) is 9.21. The van der Waals surface area contributed by atoms with Crippen LogP contribution in [0.4, 0.5) is 5.82 Å². The molecule has 2 rings (SSSR count). The number of pyridine rings is 2. The monoisotopic (exact) mass is 229 g/mol. The number of aromatic nitrogens is 2. The van der Waals surface area contributed by atoms with Crippen LogP contribution in [0.15, 0.2) is 36.7 Å². The Hall–Kier alpha value is -2.43. The summed E-state index contributed by atoms with van der Waals surface area (Å²) in [4.78, 5) is 19.6. The lowest BCUT2D eigenvalue weighted by molar-refractivity contribution is 0.101. The maximum absolute atomic E-state index is 11.7. The molecule has 0 aliphatic carbocycles. The quantitative estimate of drug-likeness (QED) is 0.822. The second-order valence-corrected chi connectivity index (χ2v) is 3.55. The smallest absolute Gasteiger partial charge is 0.279 e. The Morgan fingerprint density at radius 1 is 1.29 bits per heavy atom. The molecule has 0 saturated heterocycles. The molecular formula is C12H11N3O2. The highest BCUT2D eigenvalue weighted by molar-refractivity contribution is 6.04. The number of aromatic hydroxyl groups is 1. The maximum Gasteiger partial charge on any atom is 0.279 e. The molecule has 5 heteroatoms. The molecule has 0 atom stereocenters. The standard InChI is InChI=1S/C12H11N3O2/c1-8-4-5-10(14-7-8)15-12(17)11-9(16)3-2-6-13-11/h2-7,16H,1H3,(H,14,15,17). The zero-order chi connectivity index (χ0) is 12.3. The number of nitrogens with zero attached hydrogens (tertiary/aromatic N) is 2. The van der Waals surface area contributed by atoms with Crippen LogP contribution >= 0.6 is 0 Å². The van der Waals surface area contributed by atoms with Crippen molar-refractivity contribution in [2.75, 3.05) is 5.32 Å². The number of hydrogen-bond donors (Lipinski definition) is 2.